The molecule has 0 aromatic rings. The Balaban J connectivity index is 1.63. The molecule has 0 N–H and O–H groups in total. The van der Waals surface area contributed by atoms with Gasteiger partial charge in [-0.3, -0.25) is 0 Å². The van der Waals surface area contributed by atoms with Gasteiger partial charge in [0.15, 0.2) is 0 Å². The van der Waals surface area contributed by atoms with Crippen molar-refractivity contribution in [2.24, 2.45) is 23.7 Å². The number of rotatable bonds is 4. The number of ether oxygens (including phenoxy) is 1. The number of hydrogen-bond acceptors (Lipinski definition) is 2. The summed E-state index contributed by atoms with van der Waals surface area (Å²) in [5, 5.41) is 0. The maximum Gasteiger partial charge on any atom is 0.333 e. The van der Waals surface area contributed by atoms with Crippen molar-refractivity contribution in [2.45, 2.75) is 58.0 Å². The van der Waals surface area contributed by atoms with Crippen LogP contribution in [0.4, 0.5) is 0 Å². The van der Waals surface area contributed by atoms with Crippen molar-refractivity contribution in [3.05, 3.63) is 12.2 Å². The highest BCUT2D eigenvalue weighted by Gasteiger charge is 2.49. The van der Waals surface area contributed by atoms with Crippen LogP contribution in [0.1, 0.15) is 51.9 Å². The fourth-order valence-electron chi connectivity index (χ4n) is 4.68. The summed E-state index contributed by atoms with van der Waals surface area (Å²) in [5.74, 6) is 3.04. The lowest BCUT2D eigenvalue weighted by molar-refractivity contribution is -0.166. The lowest BCUT2D eigenvalue weighted by atomic mass is 9.55. The molecule has 0 saturated heterocycles. The van der Waals surface area contributed by atoms with Gasteiger partial charge in [-0.05, 0) is 62.2 Å². The first-order chi connectivity index (χ1) is 8.67. The van der Waals surface area contributed by atoms with Gasteiger partial charge in [-0.15, -0.1) is 0 Å². The minimum Gasteiger partial charge on any atom is -0.458 e. The molecule has 0 aromatic heterocycles. The van der Waals surface area contributed by atoms with Crippen LogP contribution < -0.4 is 0 Å². The van der Waals surface area contributed by atoms with Crippen LogP contribution in [0.25, 0.3) is 0 Å². The van der Waals surface area contributed by atoms with E-state index >= 15 is 0 Å². The van der Waals surface area contributed by atoms with Gasteiger partial charge in [0, 0.05) is 5.57 Å². The standard InChI is InChI=1S/C16H24O2/c1-3-4-10(2)16(17)18-15-13-6-11-5-12(8-13)9-14(15)7-11/h11-15H,2-9H2,1H3. The molecule has 0 aliphatic heterocycles. The van der Waals surface area contributed by atoms with Crippen LogP contribution in [0.2, 0.25) is 0 Å². The Hall–Kier alpha value is -0.790. The van der Waals surface area contributed by atoms with Crippen LogP contribution in [0.5, 0.6) is 0 Å². The maximum absolute atomic E-state index is 12.0. The highest BCUT2D eigenvalue weighted by atomic mass is 16.5. The van der Waals surface area contributed by atoms with Crippen molar-refractivity contribution in [3.8, 4) is 0 Å². The van der Waals surface area contributed by atoms with Crippen LogP contribution in [-0.2, 0) is 9.53 Å². The molecular weight excluding hydrogens is 224 g/mol. The molecule has 0 spiro atoms. The summed E-state index contributed by atoms with van der Waals surface area (Å²) in [6.07, 6.45) is 8.57. The third-order valence-corrected chi connectivity index (χ3v) is 5.22. The van der Waals surface area contributed by atoms with E-state index in [0.29, 0.717) is 17.4 Å². The first-order valence-corrected chi connectivity index (χ1v) is 7.56. The Labute approximate surface area is 110 Å². The minimum absolute atomic E-state index is 0.130. The topological polar surface area (TPSA) is 26.3 Å². The van der Waals surface area contributed by atoms with Crippen LogP contribution in [0, 0.1) is 23.7 Å². The molecule has 0 aromatic carbocycles. The lowest BCUT2D eigenvalue weighted by Gasteiger charge is -2.53. The normalized spacial score (nSPS) is 40.8. The Morgan fingerprint density at radius 2 is 1.67 bits per heavy atom. The second-order valence-electron chi connectivity index (χ2n) is 6.65. The maximum atomic E-state index is 12.0. The summed E-state index contributed by atoms with van der Waals surface area (Å²) >= 11 is 0. The van der Waals surface area contributed by atoms with E-state index in [-0.39, 0.29) is 12.1 Å². The predicted octanol–water partition coefficient (Wildman–Crippen LogP) is 3.71. The van der Waals surface area contributed by atoms with E-state index < -0.39 is 0 Å². The summed E-state index contributed by atoms with van der Waals surface area (Å²) < 4.78 is 5.80. The Morgan fingerprint density at radius 1 is 1.11 bits per heavy atom. The summed E-state index contributed by atoms with van der Waals surface area (Å²) in [6, 6.07) is 0. The zero-order valence-electron chi connectivity index (χ0n) is 11.4. The number of carbonyl (C=O) groups is 1. The summed E-state index contributed by atoms with van der Waals surface area (Å²) in [7, 11) is 0. The molecule has 18 heavy (non-hydrogen) atoms. The lowest BCUT2D eigenvalue weighted by Crippen LogP contribution is -2.50. The van der Waals surface area contributed by atoms with Gasteiger partial charge < -0.3 is 4.74 Å². The summed E-state index contributed by atoms with van der Waals surface area (Å²) in [4.78, 5) is 12.0. The quantitative estimate of drug-likeness (QED) is 0.560. The highest BCUT2D eigenvalue weighted by Crippen LogP contribution is 2.54. The van der Waals surface area contributed by atoms with Crippen molar-refractivity contribution >= 4 is 5.97 Å². The molecule has 0 unspecified atom stereocenters. The number of esters is 1. The van der Waals surface area contributed by atoms with E-state index in [4.69, 9.17) is 4.74 Å². The molecule has 2 heteroatoms. The molecule has 0 heterocycles. The molecule has 100 valence electrons. The van der Waals surface area contributed by atoms with Gasteiger partial charge >= 0.3 is 5.97 Å². The molecule has 4 fully saturated rings. The molecule has 4 rings (SSSR count). The molecule has 4 bridgehead atoms. The van der Waals surface area contributed by atoms with Gasteiger partial charge in [-0.25, -0.2) is 4.79 Å². The summed E-state index contributed by atoms with van der Waals surface area (Å²) in [6.45, 7) is 5.92. The van der Waals surface area contributed by atoms with Crippen molar-refractivity contribution in [1.82, 2.24) is 0 Å². The largest absolute Gasteiger partial charge is 0.458 e. The monoisotopic (exact) mass is 248 g/mol. The van der Waals surface area contributed by atoms with Crippen molar-refractivity contribution in [2.75, 3.05) is 0 Å². The van der Waals surface area contributed by atoms with E-state index in [9.17, 15) is 4.79 Å². The van der Waals surface area contributed by atoms with Gasteiger partial charge in [0.25, 0.3) is 0 Å². The SMILES string of the molecule is C=C(CCC)C(=O)OC1C2CC3CC(C2)CC1C3. The first kappa shape index (κ1) is 12.3. The van der Waals surface area contributed by atoms with Gasteiger partial charge in [0.1, 0.15) is 6.10 Å². The fraction of sp³-hybridized carbons (Fsp3) is 0.812. The minimum atomic E-state index is -0.130. The van der Waals surface area contributed by atoms with E-state index in [1.54, 1.807) is 0 Å². The number of carbonyl (C=O) groups excluding carboxylic acids is 1. The van der Waals surface area contributed by atoms with Crippen molar-refractivity contribution < 1.29 is 9.53 Å². The zero-order chi connectivity index (χ0) is 12.7. The molecule has 0 radical (unpaired) electrons. The third kappa shape index (κ3) is 2.10. The average Bonchev–Trinajstić information content (AvgIpc) is 2.33. The van der Waals surface area contributed by atoms with Crippen LogP contribution in [0.15, 0.2) is 12.2 Å². The Kier molecular flexibility index (Phi) is 3.21. The van der Waals surface area contributed by atoms with Crippen molar-refractivity contribution in [3.63, 3.8) is 0 Å². The molecule has 0 atom stereocenters. The van der Waals surface area contributed by atoms with E-state index in [2.05, 4.69) is 13.5 Å². The van der Waals surface area contributed by atoms with Crippen LogP contribution in [-0.4, -0.2) is 12.1 Å². The highest BCUT2D eigenvalue weighted by molar-refractivity contribution is 5.87. The molecule has 4 aliphatic rings. The second kappa shape index (κ2) is 4.71. The van der Waals surface area contributed by atoms with E-state index in [0.717, 1.165) is 24.7 Å². The van der Waals surface area contributed by atoms with E-state index in [1.165, 1.54) is 32.1 Å². The van der Waals surface area contributed by atoms with Gasteiger partial charge in [-0.1, -0.05) is 19.9 Å². The summed E-state index contributed by atoms with van der Waals surface area (Å²) in [5.41, 5.74) is 0.659. The van der Waals surface area contributed by atoms with Crippen LogP contribution in [0.3, 0.4) is 0 Å². The smallest absolute Gasteiger partial charge is 0.333 e. The number of hydrogen-bond donors (Lipinski definition) is 0. The third-order valence-electron chi connectivity index (χ3n) is 5.22. The molecular formula is C16H24O2. The Bertz CT molecular complexity index is 330. The zero-order valence-corrected chi connectivity index (χ0v) is 11.4. The average molecular weight is 248 g/mol. The molecule has 4 aliphatic carbocycles. The predicted molar refractivity (Wildman–Crippen MR) is 71.0 cm³/mol. The van der Waals surface area contributed by atoms with E-state index in [1.807, 2.05) is 0 Å². The van der Waals surface area contributed by atoms with Gasteiger partial charge in [0.2, 0.25) is 0 Å². The fourth-order valence-corrected chi connectivity index (χ4v) is 4.68. The molecule has 2 nitrogen and oxygen atoms in total. The first-order valence-electron chi connectivity index (χ1n) is 7.56. The molecule has 4 saturated carbocycles. The van der Waals surface area contributed by atoms with Gasteiger partial charge in [0.05, 0.1) is 0 Å². The second-order valence-corrected chi connectivity index (χ2v) is 6.65. The van der Waals surface area contributed by atoms with Crippen LogP contribution >= 0.6 is 0 Å². The Morgan fingerprint density at radius 3 is 2.17 bits per heavy atom. The van der Waals surface area contributed by atoms with Crippen molar-refractivity contribution in [1.29, 1.82) is 0 Å². The van der Waals surface area contributed by atoms with Gasteiger partial charge in [-0.2, -0.15) is 0 Å². The molecule has 0 amide bonds.